The number of hydrogen-bond acceptors (Lipinski definition) is 5. The number of thiophene rings is 1. The lowest BCUT2D eigenvalue weighted by atomic mass is 9.90. The fourth-order valence-corrected chi connectivity index (χ4v) is 3.84. The number of nitrogens with zero attached hydrogens (tertiary/aromatic N) is 2. The second-order valence-electron chi connectivity index (χ2n) is 5.01. The molecule has 0 aliphatic heterocycles. The smallest absolute Gasteiger partial charge is 0.181 e. The molecule has 0 bridgehead atoms. The minimum Gasteiger partial charge on any atom is -0.293 e. The normalized spacial score (nSPS) is 11.8. The number of halogens is 1. The summed E-state index contributed by atoms with van der Waals surface area (Å²) in [6, 6.07) is 3.93. The molecule has 0 saturated carbocycles. The molecule has 0 atom stereocenters. The maximum atomic E-state index is 12.3. The summed E-state index contributed by atoms with van der Waals surface area (Å²) in [6.07, 6.45) is 0.420. The summed E-state index contributed by atoms with van der Waals surface area (Å²) in [7, 11) is 0. The molecule has 2 aromatic rings. The van der Waals surface area contributed by atoms with Crippen LogP contribution in [-0.4, -0.2) is 15.4 Å². The molecule has 18 heavy (non-hydrogen) atoms. The van der Waals surface area contributed by atoms with E-state index in [9.17, 15) is 4.79 Å². The Morgan fingerprint density at radius 1 is 1.39 bits per heavy atom. The van der Waals surface area contributed by atoms with E-state index in [1.165, 1.54) is 11.5 Å². The first-order chi connectivity index (χ1) is 8.38. The van der Waals surface area contributed by atoms with E-state index < -0.39 is 0 Å². The predicted molar refractivity (Wildman–Crippen MR) is 78.7 cm³/mol. The van der Waals surface area contributed by atoms with Gasteiger partial charge in [0.05, 0.1) is 9.48 Å². The van der Waals surface area contributed by atoms with Gasteiger partial charge in [0.2, 0.25) is 0 Å². The first kappa shape index (κ1) is 13.8. The van der Waals surface area contributed by atoms with Crippen LogP contribution in [0.5, 0.6) is 0 Å². The quantitative estimate of drug-likeness (QED) is 0.787. The van der Waals surface area contributed by atoms with E-state index in [0.29, 0.717) is 11.3 Å². The minimum atomic E-state index is -0.145. The van der Waals surface area contributed by atoms with Crippen LogP contribution >= 0.6 is 38.8 Å². The Labute approximate surface area is 123 Å². The van der Waals surface area contributed by atoms with Crippen molar-refractivity contribution in [1.29, 1.82) is 0 Å². The molecule has 3 nitrogen and oxygen atoms in total. The van der Waals surface area contributed by atoms with Crippen molar-refractivity contribution in [2.45, 2.75) is 32.6 Å². The molecule has 0 fully saturated rings. The van der Waals surface area contributed by atoms with Gasteiger partial charge in [-0.25, -0.2) is 0 Å². The van der Waals surface area contributed by atoms with Crippen molar-refractivity contribution < 1.29 is 4.79 Å². The van der Waals surface area contributed by atoms with E-state index in [4.69, 9.17) is 0 Å². The van der Waals surface area contributed by atoms with Crippen LogP contribution in [0, 0.1) is 0 Å². The molecule has 2 heterocycles. The maximum absolute atomic E-state index is 12.3. The standard InChI is InChI=1S/C12H13BrN2OS2/c1-12(2,3)11-10(18-15-14-11)8(16)6-7-4-5-9(13)17-7/h4-5H,6H2,1-3H3. The lowest BCUT2D eigenvalue weighted by Gasteiger charge is -2.15. The van der Waals surface area contributed by atoms with Crippen LogP contribution < -0.4 is 0 Å². The van der Waals surface area contributed by atoms with Gasteiger partial charge < -0.3 is 0 Å². The molecular formula is C12H13BrN2OS2. The highest BCUT2D eigenvalue weighted by Crippen LogP contribution is 2.28. The van der Waals surface area contributed by atoms with Crippen LogP contribution in [0.2, 0.25) is 0 Å². The first-order valence-corrected chi connectivity index (χ1v) is 7.86. The second kappa shape index (κ2) is 5.19. The number of ketones is 1. The lowest BCUT2D eigenvalue weighted by molar-refractivity contribution is 0.0995. The third-order valence-electron chi connectivity index (χ3n) is 2.42. The summed E-state index contributed by atoms with van der Waals surface area (Å²) in [5.74, 6) is 0.101. The minimum absolute atomic E-state index is 0.101. The molecule has 0 N–H and O–H groups in total. The molecule has 2 aromatic heterocycles. The second-order valence-corrected chi connectivity index (χ2v) is 8.31. The third kappa shape index (κ3) is 3.05. The summed E-state index contributed by atoms with van der Waals surface area (Å²) < 4.78 is 4.97. The van der Waals surface area contributed by atoms with Gasteiger partial charge in [-0.1, -0.05) is 25.3 Å². The number of Topliss-reactive ketones (excluding diaryl/α,β-unsaturated/α-hetero) is 1. The van der Waals surface area contributed by atoms with Crippen LogP contribution in [0.25, 0.3) is 0 Å². The van der Waals surface area contributed by atoms with Crippen LogP contribution in [0.3, 0.4) is 0 Å². The molecule has 0 aromatic carbocycles. The Bertz CT molecular complexity index is 569. The predicted octanol–water partition coefficient (Wildman–Crippen LogP) is 4.09. The molecule has 0 spiro atoms. The van der Waals surface area contributed by atoms with Gasteiger partial charge in [-0.15, -0.1) is 16.4 Å². The van der Waals surface area contributed by atoms with Crippen molar-refractivity contribution >= 4 is 44.6 Å². The van der Waals surface area contributed by atoms with Gasteiger partial charge in [-0.05, 0) is 39.6 Å². The van der Waals surface area contributed by atoms with E-state index in [-0.39, 0.29) is 11.2 Å². The monoisotopic (exact) mass is 344 g/mol. The summed E-state index contributed by atoms with van der Waals surface area (Å²) in [5, 5.41) is 4.10. The number of aromatic nitrogens is 2. The zero-order valence-electron chi connectivity index (χ0n) is 10.4. The van der Waals surface area contributed by atoms with Gasteiger partial charge in [0, 0.05) is 16.7 Å². The van der Waals surface area contributed by atoms with Crippen molar-refractivity contribution in [2.24, 2.45) is 0 Å². The lowest BCUT2D eigenvalue weighted by Crippen LogP contribution is -2.17. The van der Waals surface area contributed by atoms with Crippen LogP contribution in [0.15, 0.2) is 15.9 Å². The van der Waals surface area contributed by atoms with Crippen LogP contribution in [0.4, 0.5) is 0 Å². The van der Waals surface area contributed by atoms with Gasteiger partial charge in [-0.3, -0.25) is 4.79 Å². The first-order valence-electron chi connectivity index (χ1n) is 5.48. The van der Waals surface area contributed by atoms with Gasteiger partial charge in [-0.2, -0.15) is 0 Å². The van der Waals surface area contributed by atoms with Gasteiger partial charge >= 0.3 is 0 Å². The number of carbonyl (C=O) groups is 1. The summed E-state index contributed by atoms with van der Waals surface area (Å²) in [6.45, 7) is 6.13. The number of rotatable bonds is 3. The topological polar surface area (TPSA) is 42.9 Å². The van der Waals surface area contributed by atoms with Crippen LogP contribution in [0.1, 0.15) is 41.0 Å². The average molecular weight is 345 g/mol. The Kier molecular flexibility index (Phi) is 3.99. The number of carbonyl (C=O) groups excluding carboxylic acids is 1. The van der Waals surface area contributed by atoms with Gasteiger partial charge in [0.25, 0.3) is 0 Å². The molecule has 0 unspecified atom stereocenters. The highest BCUT2D eigenvalue weighted by atomic mass is 79.9. The van der Waals surface area contributed by atoms with Crippen molar-refractivity contribution in [2.75, 3.05) is 0 Å². The van der Waals surface area contributed by atoms with Crippen molar-refractivity contribution in [3.05, 3.63) is 31.4 Å². The fourth-order valence-electron chi connectivity index (χ4n) is 1.55. The number of hydrogen-bond donors (Lipinski definition) is 0. The van der Waals surface area contributed by atoms with E-state index in [1.807, 2.05) is 32.9 Å². The average Bonchev–Trinajstić information content (AvgIpc) is 2.85. The van der Waals surface area contributed by atoms with Gasteiger partial charge in [0.15, 0.2) is 5.78 Å². The molecule has 0 aliphatic carbocycles. The highest BCUT2D eigenvalue weighted by Gasteiger charge is 2.26. The third-order valence-corrected chi connectivity index (χ3v) is 4.81. The van der Waals surface area contributed by atoms with Crippen LogP contribution in [-0.2, 0) is 11.8 Å². The summed E-state index contributed by atoms with van der Waals surface area (Å²) in [5.41, 5.74) is 0.654. The molecule has 0 amide bonds. The van der Waals surface area contributed by atoms with E-state index in [0.717, 1.165) is 14.4 Å². The molecule has 0 radical (unpaired) electrons. The van der Waals surface area contributed by atoms with Crippen molar-refractivity contribution in [3.8, 4) is 0 Å². The van der Waals surface area contributed by atoms with Crippen molar-refractivity contribution in [3.63, 3.8) is 0 Å². The molecular weight excluding hydrogens is 332 g/mol. The molecule has 96 valence electrons. The Balaban J connectivity index is 2.22. The maximum Gasteiger partial charge on any atom is 0.181 e. The van der Waals surface area contributed by atoms with Gasteiger partial charge in [0.1, 0.15) is 4.88 Å². The van der Waals surface area contributed by atoms with E-state index >= 15 is 0 Å². The molecule has 2 rings (SSSR count). The summed E-state index contributed by atoms with van der Waals surface area (Å²) >= 11 is 6.18. The fraction of sp³-hybridized carbons (Fsp3) is 0.417. The zero-order valence-corrected chi connectivity index (χ0v) is 13.6. The Morgan fingerprint density at radius 2 is 2.11 bits per heavy atom. The Hall–Kier alpha value is -0.590. The van der Waals surface area contributed by atoms with E-state index in [1.54, 1.807) is 11.3 Å². The molecule has 0 aliphatic rings. The van der Waals surface area contributed by atoms with Crippen molar-refractivity contribution in [1.82, 2.24) is 9.59 Å². The zero-order chi connectivity index (χ0) is 13.3. The SMILES string of the molecule is CC(C)(C)c1nnsc1C(=O)Cc1ccc(Br)s1. The molecule has 6 heteroatoms. The molecule has 0 saturated heterocycles. The van der Waals surface area contributed by atoms with E-state index in [2.05, 4.69) is 25.5 Å². The largest absolute Gasteiger partial charge is 0.293 e. The highest BCUT2D eigenvalue weighted by molar-refractivity contribution is 9.11. The summed E-state index contributed by atoms with van der Waals surface area (Å²) in [4.78, 5) is 14.0. The Morgan fingerprint density at radius 3 is 2.67 bits per heavy atom.